The predicted octanol–water partition coefficient (Wildman–Crippen LogP) is 2.18. The van der Waals surface area contributed by atoms with Crippen molar-refractivity contribution in [3.05, 3.63) is 34.8 Å². The van der Waals surface area contributed by atoms with Gasteiger partial charge in [-0.3, -0.25) is 14.3 Å². The van der Waals surface area contributed by atoms with Gasteiger partial charge in [0.2, 0.25) is 11.8 Å². The number of nitrogens with one attached hydrogen (secondary N) is 2. The Morgan fingerprint density at radius 3 is 2.96 bits per heavy atom. The summed E-state index contributed by atoms with van der Waals surface area (Å²) in [6.45, 7) is 0.185. The van der Waals surface area contributed by atoms with Crippen LogP contribution in [0.3, 0.4) is 0 Å². The summed E-state index contributed by atoms with van der Waals surface area (Å²) in [5, 5.41) is 11.9. The van der Waals surface area contributed by atoms with Gasteiger partial charge in [-0.05, 0) is 37.1 Å². The Morgan fingerprint density at radius 1 is 1.35 bits per heavy atom. The molecule has 0 aromatic carbocycles. The average molecular weight is 332 g/mol. The van der Waals surface area contributed by atoms with Gasteiger partial charge in [0.05, 0.1) is 11.9 Å². The maximum absolute atomic E-state index is 11.9. The normalized spacial score (nSPS) is 13.7. The molecule has 2 N–H and O–H groups in total. The van der Waals surface area contributed by atoms with E-state index in [0.29, 0.717) is 18.2 Å². The first-order chi connectivity index (χ1) is 11.2. The molecule has 0 atom stereocenters. The molecule has 2 aromatic rings. The van der Waals surface area contributed by atoms with Gasteiger partial charge in [-0.25, -0.2) is 0 Å². The molecule has 3 rings (SSSR count). The Morgan fingerprint density at radius 2 is 2.22 bits per heavy atom. The predicted molar refractivity (Wildman–Crippen MR) is 89.3 cm³/mol. The fourth-order valence-corrected chi connectivity index (χ4v) is 3.02. The molecule has 1 aliphatic carbocycles. The highest BCUT2D eigenvalue weighted by Crippen LogP contribution is 2.18. The van der Waals surface area contributed by atoms with E-state index < -0.39 is 0 Å². The van der Waals surface area contributed by atoms with E-state index in [2.05, 4.69) is 21.8 Å². The minimum absolute atomic E-state index is 0.0245. The number of aromatic nitrogens is 2. The second-order valence-corrected chi connectivity index (χ2v) is 6.78. The number of hydrogen-bond acceptors (Lipinski definition) is 4. The van der Waals surface area contributed by atoms with Crippen LogP contribution in [-0.4, -0.2) is 27.6 Å². The largest absolute Gasteiger partial charge is 0.352 e. The zero-order chi connectivity index (χ0) is 16.1. The number of carbonyl (C=O) groups excluding carboxylic acids is 2. The number of amides is 2. The van der Waals surface area contributed by atoms with Gasteiger partial charge < -0.3 is 10.6 Å². The lowest BCUT2D eigenvalue weighted by Crippen LogP contribution is -2.29. The summed E-state index contributed by atoms with van der Waals surface area (Å²) >= 11 is 1.71. The Labute approximate surface area is 138 Å². The summed E-state index contributed by atoms with van der Waals surface area (Å²) in [5.74, 6) is -0.0621. The lowest BCUT2D eigenvalue weighted by atomic mass is 10.2. The molecule has 0 spiro atoms. The maximum Gasteiger partial charge on any atom is 0.241 e. The van der Waals surface area contributed by atoms with E-state index in [0.717, 1.165) is 25.7 Å². The van der Waals surface area contributed by atoms with Crippen LogP contribution in [0.2, 0.25) is 0 Å². The van der Waals surface area contributed by atoms with E-state index in [1.54, 1.807) is 28.4 Å². The van der Waals surface area contributed by atoms with Crippen molar-refractivity contribution in [2.24, 2.45) is 0 Å². The summed E-state index contributed by atoms with van der Waals surface area (Å²) in [7, 11) is 0. The Balaban J connectivity index is 1.38. The molecular formula is C16H20N4O2S. The minimum Gasteiger partial charge on any atom is -0.352 e. The van der Waals surface area contributed by atoms with Gasteiger partial charge in [0.1, 0.15) is 6.54 Å². The number of thiophene rings is 1. The molecule has 2 amide bonds. The number of hydrogen-bond donors (Lipinski definition) is 2. The molecular weight excluding hydrogens is 312 g/mol. The van der Waals surface area contributed by atoms with E-state index in [1.807, 2.05) is 11.4 Å². The van der Waals surface area contributed by atoms with Crippen molar-refractivity contribution in [1.82, 2.24) is 15.1 Å². The zero-order valence-electron chi connectivity index (χ0n) is 12.8. The summed E-state index contributed by atoms with van der Waals surface area (Å²) in [6, 6.07) is 4.45. The SMILES string of the molecule is O=C(CCCc1cccs1)Nc1cnn(CC(=O)NC2CC2)c1. The molecule has 0 saturated heterocycles. The van der Waals surface area contributed by atoms with Gasteiger partial charge in [0.25, 0.3) is 0 Å². The molecule has 0 radical (unpaired) electrons. The first kappa shape index (κ1) is 15.7. The Hall–Kier alpha value is -2.15. The molecule has 2 aromatic heterocycles. The minimum atomic E-state index is -0.0376. The van der Waals surface area contributed by atoms with Gasteiger partial charge in [0.15, 0.2) is 0 Å². The number of carbonyl (C=O) groups is 2. The van der Waals surface area contributed by atoms with Gasteiger partial charge in [0, 0.05) is 23.5 Å². The van der Waals surface area contributed by atoms with Crippen molar-refractivity contribution in [3.8, 4) is 0 Å². The van der Waals surface area contributed by atoms with Crippen molar-refractivity contribution >= 4 is 28.8 Å². The number of nitrogens with zero attached hydrogens (tertiary/aromatic N) is 2. The van der Waals surface area contributed by atoms with Gasteiger partial charge in [-0.2, -0.15) is 5.10 Å². The molecule has 122 valence electrons. The van der Waals surface area contributed by atoms with Crippen LogP contribution < -0.4 is 10.6 Å². The number of rotatable bonds is 8. The Bertz CT molecular complexity index is 661. The van der Waals surface area contributed by atoms with E-state index in [4.69, 9.17) is 0 Å². The third kappa shape index (κ3) is 5.21. The van der Waals surface area contributed by atoms with E-state index in [9.17, 15) is 9.59 Å². The standard InChI is InChI=1S/C16H20N4O2S/c21-15(5-1-3-14-4-2-8-23-14)19-13-9-17-20(10-13)11-16(22)18-12-6-7-12/h2,4,8-10,12H,1,3,5-7,11H2,(H,18,22)(H,19,21). The fourth-order valence-electron chi connectivity index (χ4n) is 2.26. The van der Waals surface area contributed by atoms with Crippen LogP contribution in [0.5, 0.6) is 0 Å². The van der Waals surface area contributed by atoms with Crippen LogP contribution in [0.25, 0.3) is 0 Å². The number of aryl methyl sites for hydroxylation is 1. The third-order valence-electron chi connectivity index (χ3n) is 3.57. The molecule has 1 fully saturated rings. The quantitative estimate of drug-likeness (QED) is 0.778. The van der Waals surface area contributed by atoms with Gasteiger partial charge in [-0.1, -0.05) is 6.07 Å². The maximum atomic E-state index is 11.9. The molecule has 1 aliphatic rings. The second-order valence-electron chi connectivity index (χ2n) is 5.75. The topological polar surface area (TPSA) is 76.0 Å². The van der Waals surface area contributed by atoms with Crippen molar-refractivity contribution in [2.75, 3.05) is 5.32 Å². The van der Waals surface area contributed by atoms with Crippen molar-refractivity contribution in [1.29, 1.82) is 0 Å². The molecule has 0 aliphatic heterocycles. The first-order valence-electron chi connectivity index (χ1n) is 7.83. The van der Waals surface area contributed by atoms with Crippen LogP contribution in [0.1, 0.15) is 30.6 Å². The van der Waals surface area contributed by atoms with Crippen molar-refractivity contribution in [3.63, 3.8) is 0 Å². The Kier molecular flexibility index (Phi) is 5.07. The zero-order valence-corrected chi connectivity index (χ0v) is 13.6. The summed E-state index contributed by atoms with van der Waals surface area (Å²) in [4.78, 5) is 24.9. The molecule has 6 nitrogen and oxygen atoms in total. The third-order valence-corrected chi connectivity index (χ3v) is 4.51. The number of anilines is 1. The fraction of sp³-hybridized carbons (Fsp3) is 0.438. The lowest BCUT2D eigenvalue weighted by Gasteiger charge is -2.03. The lowest BCUT2D eigenvalue weighted by molar-refractivity contribution is -0.122. The highest BCUT2D eigenvalue weighted by atomic mass is 32.1. The van der Waals surface area contributed by atoms with Crippen LogP contribution in [0.15, 0.2) is 29.9 Å². The average Bonchev–Trinajstić information content (AvgIpc) is 2.99. The van der Waals surface area contributed by atoms with Crippen LogP contribution in [0.4, 0.5) is 5.69 Å². The van der Waals surface area contributed by atoms with E-state index >= 15 is 0 Å². The smallest absolute Gasteiger partial charge is 0.241 e. The highest BCUT2D eigenvalue weighted by molar-refractivity contribution is 7.09. The van der Waals surface area contributed by atoms with E-state index in [1.165, 1.54) is 4.88 Å². The summed E-state index contributed by atoms with van der Waals surface area (Å²) in [6.07, 6.45) is 7.61. The van der Waals surface area contributed by atoms with Crippen LogP contribution in [0, 0.1) is 0 Å². The molecule has 0 bridgehead atoms. The second kappa shape index (κ2) is 7.41. The van der Waals surface area contributed by atoms with Crippen molar-refractivity contribution < 1.29 is 9.59 Å². The first-order valence-corrected chi connectivity index (χ1v) is 8.71. The summed E-state index contributed by atoms with van der Waals surface area (Å²) < 4.78 is 1.54. The molecule has 1 saturated carbocycles. The van der Waals surface area contributed by atoms with Crippen LogP contribution in [-0.2, 0) is 22.6 Å². The van der Waals surface area contributed by atoms with Gasteiger partial charge >= 0.3 is 0 Å². The molecule has 7 heteroatoms. The van der Waals surface area contributed by atoms with Crippen LogP contribution >= 0.6 is 11.3 Å². The van der Waals surface area contributed by atoms with Crippen molar-refractivity contribution in [2.45, 2.75) is 44.7 Å². The molecule has 0 unspecified atom stereocenters. The monoisotopic (exact) mass is 332 g/mol. The highest BCUT2D eigenvalue weighted by Gasteiger charge is 2.23. The van der Waals surface area contributed by atoms with Gasteiger partial charge in [-0.15, -0.1) is 11.3 Å². The van der Waals surface area contributed by atoms with E-state index in [-0.39, 0.29) is 18.4 Å². The summed E-state index contributed by atoms with van der Waals surface area (Å²) in [5.41, 5.74) is 0.630. The molecule has 2 heterocycles. The molecule has 23 heavy (non-hydrogen) atoms.